The lowest BCUT2D eigenvalue weighted by atomic mass is 10.1. The van der Waals surface area contributed by atoms with E-state index in [1.54, 1.807) is 48.4 Å². The van der Waals surface area contributed by atoms with Crippen molar-refractivity contribution < 1.29 is 17.9 Å². The van der Waals surface area contributed by atoms with E-state index in [0.717, 1.165) is 43.5 Å². The standard InChI is InChI=1S/C23H29N3O4S/c1-18-6-12-21(13-7-18)31(28,29)26-17-16-25(23(27)24-14-4-3-5-15-24)22(26)19-8-10-20(30-2)11-9-19/h6-13,22H,3-5,14-17H2,1-2H3. The number of benzene rings is 2. The number of hydrogen-bond donors (Lipinski definition) is 0. The lowest BCUT2D eigenvalue weighted by molar-refractivity contribution is 0.127. The third-order valence-corrected chi connectivity index (χ3v) is 7.91. The summed E-state index contributed by atoms with van der Waals surface area (Å²) < 4.78 is 33.8. The van der Waals surface area contributed by atoms with Crippen LogP contribution in [-0.2, 0) is 10.0 Å². The summed E-state index contributed by atoms with van der Waals surface area (Å²) in [4.78, 5) is 17.1. The number of methoxy groups -OCH3 is 1. The maximum Gasteiger partial charge on any atom is 0.321 e. The maximum absolute atomic E-state index is 13.5. The third kappa shape index (κ3) is 4.27. The number of carbonyl (C=O) groups is 1. The highest BCUT2D eigenvalue weighted by Gasteiger charge is 2.44. The van der Waals surface area contributed by atoms with Gasteiger partial charge in [0.15, 0.2) is 0 Å². The van der Waals surface area contributed by atoms with Gasteiger partial charge in [-0.25, -0.2) is 13.2 Å². The number of amides is 2. The number of sulfonamides is 1. The molecule has 0 radical (unpaired) electrons. The summed E-state index contributed by atoms with van der Waals surface area (Å²) in [7, 11) is -2.19. The van der Waals surface area contributed by atoms with Gasteiger partial charge < -0.3 is 14.5 Å². The Balaban J connectivity index is 1.71. The van der Waals surface area contributed by atoms with Crippen LogP contribution in [0.3, 0.4) is 0 Å². The fraction of sp³-hybridized carbons (Fsp3) is 0.435. The maximum atomic E-state index is 13.5. The zero-order valence-corrected chi connectivity index (χ0v) is 18.8. The number of rotatable bonds is 4. The zero-order chi connectivity index (χ0) is 22.0. The topological polar surface area (TPSA) is 70.2 Å². The van der Waals surface area contributed by atoms with Gasteiger partial charge >= 0.3 is 6.03 Å². The zero-order valence-electron chi connectivity index (χ0n) is 18.0. The summed E-state index contributed by atoms with van der Waals surface area (Å²) >= 11 is 0. The van der Waals surface area contributed by atoms with Crippen molar-refractivity contribution in [3.05, 3.63) is 59.7 Å². The fourth-order valence-electron chi connectivity index (χ4n) is 4.29. The molecular formula is C23H29N3O4S. The van der Waals surface area contributed by atoms with Gasteiger partial charge in [0.1, 0.15) is 11.9 Å². The summed E-state index contributed by atoms with van der Waals surface area (Å²) in [6.07, 6.45) is 2.40. The van der Waals surface area contributed by atoms with Crippen molar-refractivity contribution in [2.24, 2.45) is 0 Å². The van der Waals surface area contributed by atoms with Gasteiger partial charge in [-0.1, -0.05) is 29.8 Å². The monoisotopic (exact) mass is 443 g/mol. The average molecular weight is 444 g/mol. The van der Waals surface area contributed by atoms with Crippen molar-refractivity contribution >= 4 is 16.1 Å². The van der Waals surface area contributed by atoms with E-state index < -0.39 is 16.2 Å². The van der Waals surface area contributed by atoms with Gasteiger partial charge in [0.2, 0.25) is 10.0 Å². The quantitative estimate of drug-likeness (QED) is 0.724. The Morgan fingerprint density at radius 3 is 2.16 bits per heavy atom. The summed E-state index contributed by atoms with van der Waals surface area (Å²) in [5.74, 6) is 0.684. The minimum absolute atomic E-state index is 0.0953. The molecule has 2 heterocycles. The van der Waals surface area contributed by atoms with Crippen LogP contribution >= 0.6 is 0 Å². The van der Waals surface area contributed by atoms with Crippen LogP contribution in [0.25, 0.3) is 0 Å². The number of nitrogens with zero attached hydrogens (tertiary/aromatic N) is 3. The van der Waals surface area contributed by atoms with Crippen molar-refractivity contribution in [1.29, 1.82) is 0 Å². The van der Waals surface area contributed by atoms with Crippen LogP contribution in [0, 0.1) is 6.92 Å². The Morgan fingerprint density at radius 1 is 0.903 bits per heavy atom. The molecule has 0 aromatic heterocycles. The van der Waals surface area contributed by atoms with Crippen LogP contribution in [-0.4, -0.2) is 61.8 Å². The first-order valence-electron chi connectivity index (χ1n) is 10.7. The van der Waals surface area contributed by atoms with Gasteiger partial charge in [0.25, 0.3) is 0 Å². The van der Waals surface area contributed by atoms with Gasteiger partial charge in [-0.15, -0.1) is 0 Å². The molecule has 2 aromatic rings. The van der Waals surface area contributed by atoms with Gasteiger partial charge in [0, 0.05) is 26.2 Å². The van der Waals surface area contributed by atoms with Crippen LogP contribution in [0.5, 0.6) is 5.75 Å². The molecule has 2 fully saturated rings. The third-order valence-electron chi connectivity index (χ3n) is 6.04. The highest BCUT2D eigenvalue weighted by Crippen LogP contribution is 2.36. The molecule has 31 heavy (non-hydrogen) atoms. The van der Waals surface area contributed by atoms with E-state index in [4.69, 9.17) is 4.74 Å². The number of hydrogen-bond acceptors (Lipinski definition) is 4. The minimum Gasteiger partial charge on any atom is -0.497 e. The molecule has 0 spiro atoms. The van der Waals surface area contributed by atoms with E-state index in [1.165, 1.54) is 4.31 Å². The second-order valence-electron chi connectivity index (χ2n) is 8.10. The largest absolute Gasteiger partial charge is 0.497 e. The summed E-state index contributed by atoms with van der Waals surface area (Å²) in [6, 6.07) is 14.0. The Labute approximate surface area is 184 Å². The first kappa shape index (κ1) is 21.6. The Morgan fingerprint density at radius 2 is 1.55 bits per heavy atom. The van der Waals surface area contributed by atoms with Crippen molar-refractivity contribution in [3.63, 3.8) is 0 Å². The normalized spacial score (nSPS) is 20.1. The van der Waals surface area contributed by atoms with E-state index in [9.17, 15) is 13.2 Å². The Kier molecular flexibility index (Phi) is 6.20. The lowest BCUT2D eigenvalue weighted by Crippen LogP contribution is -2.46. The fourth-order valence-corrected chi connectivity index (χ4v) is 5.86. The van der Waals surface area contributed by atoms with E-state index in [1.807, 2.05) is 24.0 Å². The molecule has 1 unspecified atom stereocenters. The van der Waals surface area contributed by atoms with Crippen LogP contribution in [0.15, 0.2) is 53.4 Å². The predicted molar refractivity (Wildman–Crippen MR) is 118 cm³/mol. The first-order valence-corrected chi connectivity index (χ1v) is 12.1. The summed E-state index contributed by atoms with van der Waals surface area (Å²) in [6.45, 7) is 3.97. The Bertz CT molecular complexity index is 1020. The SMILES string of the molecule is COc1ccc(C2N(C(=O)N3CCCCC3)CCN2S(=O)(=O)c2ccc(C)cc2)cc1. The van der Waals surface area contributed by atoms with E-state index >= 15 is 0 Å². The number of piperidine rings is 1. The molecule has 2 aliphatic heterocycles. The second-order valence-corrected chi connectivity index (χ2v) is 9.99. The Hall–Kier alpha value is -2.58. The highest BCUT2D eigenvalue weighted by atomic mass is 32.2. The molecule has 8 heteroatoms. The molecule has 2 aromatic carbocycles. The molecule has 1 atom stereocenters. The summed E-state index contributed by atoms with van der Waals surface area (Å²) in [5.41, 5.74) is 1.74. The minimum atomic E-state index is -3.78. The molecule has 7 nitrogen and oxygen atoms in total. The van der Waals surface area contributed by atoms with Crippen molar-refractivity contribution in [1.82, 2.24) is 14.1 Å². The van der Waals surface area contributed by atoms with Crippen molar-refractivity contribution in [2.75, 3.05) is 33.3 Å². The molecule has 0 bridgehead atoms. The molecule has 4 rings (SSSR count). The number of likely N-dealkylation sites (tertiary alicyclic amines) is 1. The number of urea groups is 1. The van der Waals surface area contributed by atoms with Gasteiger partial charge in [-0.2, -0.15) is 4.31 Å². The summed E-state index contributed by atoms with van der Waals surface area (Å²) in [5, 5.41) is 0. The average Bonchev–Trinajstić information content (AvgIpc) is 3.25. The number of ether oxygens (including phenoxy) is 1. The predicted octanol–water partition coefficient (Wildman–Crippen LogP) is 3.61. The highest BCUT2D eigenvalue weighted by molar-refractivity contribution is 7.89. The lowest BCUT2D eigenvalue weighted by Gasteiger charge is -2.35. The molecular weight excluding hydrogens is 414 g/mol. The molecule has 0 saturated carbocycles. The number of aryl methyl sites for hydroxylation is 1. The van der Waals surface area contributed by atoms with Crippen LogP contribution in [0.2, 0.25) is 0 Å². The van der Waals surface area contributed by atoms with Crippen LogP contribution < -0.4 is 4.74 Å². The molecule has 2 amide bonds. The molecule has 2 saturated heterocycles. The second kappa shape index (κ2) is 8.88. The van der Waals surface area contributed by atoms with Gasteiger partial charge in [-0.05, 0) is 56.0 Å². The molecule has 166 valence electrons. The molecule has 0 N–H and O–H groups in total. The smallest absolute Gasteiger partial charge is 0.321 e. The van der Waals surface area contributed by atoms with Crippen LogP contribution in [0.1, 0.15) is 36.6 Å². The van der Waals surface area contributed by atoms with Gasteiger partial charge in [0.05, 0.1) is 12.0 Å². The van der Waals surface area contributed by atoms with Gasteiger partial charge in [-0.3, -0.25) is 0 Å². The first-order chi connectivity index (χ1) is 14.9. The van der Waals surface area contributed by atoms with E-state index in [0.29, 0.717) is 12.3 Å². The van der Waals surface area contributed by atoms with Crippen molar-refractivity contribution in [3.8, 4) is 5.75 Å². The van der Waals surface area contributed by atoms with Crippen LogP contribution in [0.4, 0.5) is 4.79 Å². The molecule has 2 aliphatic rings. The van der Waals surface area contributed by atoms with Crippen molar-refractivity contribution in [2.45, 2.75) is 37.2 Å². The molecule has 0 aliphatic carbocycles. The number of carbonyl (C=O) groups excluding carboxylic acids is 1. The van der Waals surface area contributed by atoms with E-state index in [2.05, 4.69) is 0 Å². The van der Waals surface area contributed by atoms with E-state index in [-0.39, 0.29) is 17.5 Å².